The van der Waals surface area contributed by atoms with E-state index in [0.29, 0.717) is 93.2 Å². The number of thioether (sulfide) groups is 5. The van der Waals surface area contributed by atoms with E-state index in [0.717, 1.165) is 198 Å². The number of hydrogen-bond acceptors (Lipinski definition) is 35. The lowest BCUT2D eigenvalue weighted by Crippen LogP contribution is -2.34. The number of oxazole rings is 2. The number of benzene rings is 9. The van der Waals surface area contributed by atoms with Crippen molar-refractivity contribution in [2.45, 2.75) is 95.1 Å². The molecular formula is C104H104N16O17S7. The molecule has 0 bridgehead atoms. The number of thiazole rings is 2. The van der Waals surface area contributed by atoms with Gasteiger partial charge in [0, 0.05) is 51.2 Å². The Bertz CT molecular complexity index is 6760. The van der Waals surface area contributed by atoms with Crippen LogP contribution < -0.4 is 74.8 Å². The van der Waals surface area contributed by atoms with Crippen LogP contribution in [0.4, 0.5) is 52.2 Å². The lowest BCUT2D eigenvalue weighted by atomic mass is 10.1. The summed E-state index contributed by atoms with van der Waals surface area (Å²) in [5.74, 6) is 3.13. The summed E-state index contributed by atoms with van der Waals surface area (Å²) in [4.78, 5) is 153. The van der Waals surface area contributed by atoms with Crippen molar-refractivity contribution < 1.29 is 80.5 Å². The first-order chi connectivity index (χ1) is 69.8. The molecule has 5 N–H and O–H groups in total. The average Bonchev–Trinajstić information content (AvgIpc) is 1.68. The van der Waals surface area contributed by atoms with Crippen molar-refractivity contribution in [1.82, 2.24) is 56.5 Å². The van der Waals surface area contributed by atoms with Gasteiger partial charge in [-0.1, -0.05) is 167 Å². The molecule has 10 heterocycles. The molecule has 40 heteroatoms. The maximum absolute atomic E-state index is 11.7. The van der Waals surface area contributed by atoms with Gasteiger partial charge in [0.2, 0.25) is 23.7 Å². The molecule has 33 nitrogen and oxygen atoms in total. The lowest BCUT2D eigenvalue weighted by molar-refractivity contribution is -0.119. The largest absolute Gasteiger partial charge is 0.494 e. The quantitative estimate of drug-likeness (QED) is 0.0177. The van der Waals surface area contributed by atoms with Crippen LogP contribution in [0, 0.1) is 0 Å². The van der Waals surface area contributed by atoms with Crippen LogP contribution in [-0.4, -0.2) is 199 Å². The molecule has 5 fully saturated rings. The van der Waals surface area contributed by atoms with Crippen LogP contribution in [0.3, 0.4) is 0 Å². The Balaban J connectivity index is 0.000000136. The topological polar surface area (TPSA) is 397 Å². The van der Waals surface area contributed by atoms with Gasteiger partial charge in [-0.2, -0.15) is 9.97 Å². The van der Waals surface area contributed by atoms with Gasteiger partial charge in [0.05, 0.1) is 78.8 Å². The molecule has 5 aliphatic heterocycles. The molecule has 744 valence electrons. The number of carbonyl (C=O) groups is 10. The van der Waals surface area contributed by atoms with E-state index in [-0.39, 0.29) is 83.6 Å². The fourth-order valence-electron chi connectivity index (χ4n) is 14.9. The molecule has 14 aromatic rings. The highest BCUT2D eigenvalue weighted by Gasteiger charge is 2.35. The van der Waals surface area contributed by atoms with Crippen molar-refractivity contribution in [2.24, 2.45) is 0 Å². The minimum absolute atomic E-state index is 0.202. The number of likely N-dealkylation sites (N-methyl/N-ethyl adjacent to an activating group) is 2. The minimum Gasteiger partial charge on any atom is -0.494 e. The summed E-state index contributed by atoms with van der Waals surface area (Å²) in [5, 5.41) is 10.9. The number of anilines is 5. The van der Waals surface area contributed by atoms with Gasteiger partial charge in [-0.25, -0.2) is 19.9 Å². The van der Waals surface area contributed by atoms with Crippen molar-refractivity contribution in [2.75, 3.05) is 110 Å². The maximum Gasteiger partial charge on any atom is 0.298 e. The summed E-state index contributed by atoms with van der Waals surface area (Å²) in [6, 6.07) is 72.8. The highest BCUT2D eigenvalue weighted by Crippen LogP contribution is 2.36. The molecule has 10 amide bonds. The summed E-state index contributed by atoms with van der Waals surface area (Å²) < 4.78 is 43.4. The van der Waals surface area contributed by atoms with Crippen LogP contribution in [0.2, 0.25) is 0 Å². The first kappa shape index (κ1) is 104. The highest BCUT2D eigenvalue weighted by atomic mass is 32.2. The highest BCUT2D eigenvalue weighted by molar-refractivity contribution is 8.19. The number of carbonyl (C=O) groups excluding carboxylic acids is 10. The van der Waals surface area contributed by atoms with Gasteiger partial charge in [0.15, 0.2) is 21.4 Å². The third kappa shape index (κ3) is 29.7. The number of nitrogens with one attached hydrogen (secondary N) is 5. The van der Waals surface area contributed by atoms with E-state index >= 15 is 0 Å². The number of fused-ring (bicyclic) bond motifs is 4. The van der Waals surface area contributed by atoms with Gasteiger partial charge in [-0.3, -0.25) is 74.5 Å². The van der Waals surface area contributed by atoms with Crippen LogP contribution in [0.15, 0.2) is 255 Å². The molecule has 0 spiro atoms. The predicted molar refractivity (Wildman–Crippen MR) is 572 cm³/mol. The molecule has 19 rings (SSSR count). The van der Waals surface area contributed by atoms with Crippen LogP contribution in [0.1, 0.15) is 75.8 Å². The van der Waals surface area contributed by atoms with Crippen molar-refractivity contribution in [3.05, 3.63) is 274 Å². The third-order valence-corrected chi connectivity index (χ3v) is 29.2. The van der Waals surface area contributed by atoms with Gasteiger partial charge in [-0.05, 0) is 246 Å². The number of aromatic nitrogens is 6. The molecule has 0 aliphatic carbocycles. The van der Waals surface area contributed by atoms with E-state index in [2.05, 4.69) is 120 Å². The molecule has 0 radical (unpaired) electrons. The number of imide groups is 5. The van der Waals surface area contributed by atoms with Crippen LogP contribution in [0.5, 0.6) is 28.7 Å². The zero-order chi connectivity index (χ0) is 101. The number of nitrogens with zero attached hydrogens (tertiary/aromatic N) is 11. The Hall–Kier alpha value is -14.3. The Morgan fingerprint density at radius 2 is 0.701 bits per heavy atom. The zero-order valence-corrected chi connectivity index (χ0v) is 85.3. The molecule has 3 atom stereocenters. The van der Waals surface area contributed by atoms with Gasteiger partial charge >= 0.3 is 0 Å². The fourth-order valence-corrected chi connectivity index (χ4v) is 20.9. The smallest absolute Gasteiger partial charge is 0.298 e. The predicted octanol–water partition coefficient (Wildman–Crippen LogP) is 19.4. The molecule has 5 aliphatic rings. The summed E-state index contributed by atoms with van der Waals surface area (Å²) >= 11 is 8.33. The van der Waals surface area contributed by atoms with E-state index in [1.54, 1.807) is 53.3 Å². The van der Waals surface area contributed by atoms with Gasteiger partial charge in [0.1, 0.15) is 66.2 Å². The minimum atomic E-state index is -0.363. The lowest BCUT2D eigenvalue weighted by Gasteiger charge is -2.24. The fraction of sp³-hybridized carbons (Fsp3) is 0.269. The second kappa shape index (κ2) is 51.1. The summed E-state index contributed by atoms with van der Waals surface area (Å²) in [6.07, 6.45) is 9.25. The van der Waals surface area contributed by atoms with Gasteiger partial charge < -0.3 is 57.0 Å². The molecular weight excluding hydrogens is 1970 g/mol. The van der Waals surface area contributed by atoms with E-state index in [1.807, 2.05) is 218 Å². The molecule has 9 aromatic carbocycles. The molecule has 5 aromatic heterocycles. The van der Waals surface area contributed by atoms with E-state index in [1.165, 1.54) is 9.40 Å². The first-order valence-electron chi connectivity index (χ1n) is 46.4. The standard InChI is InChI=1S/C22H23N3O4S.C22H21N3O4S.C21H21N3O3S2.C21H19N3O3S2.C18H20N4O3S/c2*1-14(2)25(21-23-17-5-3-4-6-18(17)29-21)11-12-28-16-9-7-15(8-10-16)13-19-20(26)24-22(27)30-19;2*1-2-24(20-22-16-5-3-4-6-17(16)28-20)11-12-27-15-9-7-14(8-10-15)13-18-19(25)23-21(26)29-18;1-22(17-19-8-2-9-20-17)10-3-11-25-14-6-4-13(5-7-14)12-15-16(23)21-18(24)26-15/h3-10,14,19H,11-13H2,1-2H3,(H,24,26,27);3-10,13-14H,11-12H2,1-2H3,(H,24,26,27);3-10,18H,2,11-13H2,1H3,(H,23,25,26);3-10,13H,2,11-12H2,1H3,(H,23,25,26);2,4-9,15H,3,10-12H2,1H3,(H,21,23,24)/b;19-13+;;18-13+;. The average molecular weight is 2070 g/mol. The number of hydrogen-bond donors (Lipinski definition) is 5. The Kier molecular flexibility index (Phi) is 36.9. The molecule has 3 unspecified atom stereocenters. The van der Waals surface area contributed by atoms with E-state index in [9.17, 15) is 47.9 Å². The van der Waals surface area contributed by atoms with Crippen molar-refractivity contribution in [3.63, 3.8) is 0 Å². The molecule has 5 saturated heterocycles. The van der Waals surface area contributed by atoms with E-state index < -0.39 is 0 Å². The molecule has 144 heavy (non-hydrogen) atoms. The monoisotopic (exact) mass is 2070 g/mol. The van der Waals surface area contributed by atoms with E-state index in [4.69, 9.17) is 42.5 Å². The maximum atomic E-state index is 11.7. The zero-order valence-electron chi connectivity index (χ0n) is 79.6. The second-order valence-electron chi connectivity index (χ2n) is 33.2. The Labute approximate surface area is 859 Å². The van der Waals surface area contributed by atoms with Crippen LogP contribution in [-0.2, 0) is 43.2 Å². The SMILES string of the molecule is CC(C)N(CCOc1ccc(/C=C2/SC(=O)NC2=O)cc1)c1nc2ccccc2o1.CC(C)N(CCOc1ccc(CC2SC(=O)NC2=O)cc1)c1nc2ccccc2o1.CCN(CCOc1ccc(/C=C2/SC(=O)NC2=O)cc1)c1nc2ccccc2s1.CCN(CCOc1ccc(CC2SC(=O)NC2=O)cc1)c1nc2ccccc2s1.CN(CCCOc1ccc(CC2SC(=O)NC2=O)cc1)c1ncccn1. The first-order valence-corrected chi connectivity index (χ1v) is 52.3. The molecule has 0 saturated carbocycles. The Morgan fingerprint density at radius 1 is 0.368 bits per heavy atom. The number of ether oxygens (including phenoxy) is 5. The van der Waals surface area contributed by atoms with Crippen molar-refractivity contribution in [1.29, 1.82) is 0 Å². The summed E-state index contributed by atoms with van der Waals surface area (Å²) in [7, 11) is 1.95. The van der Waals surface area contributed by atoms with Crippen molar-refractivity contribution in [3.8, 4) is 28.7 Å². The van der Waals surface area contributed by atoms with Gasteiger partial charge in [-0.15, -0.1) is 0 Å². The number of para-hydroxylation sites is 6. The van der Waals surface area contributed by atoms with Crippen LogP contribution in [0.25, 0.3) is 54.8 Å². The summed E-state index contributed by atoms with van der Waals surface area (Å²) in [6.45, 7) is 20.4. The number of amides is 10. The van der Waals surface area contributed by atoms with Crippen LogP contribution >= 0.6 is 81.5 Å². The second-order valence-corrected chi connectivity index (χ2v) is 40.8. The summed E-state index contributed by atoms with van der Waals surface area (Å²) in [5.41, 5.74) is 9.91. The third-order valence-electron chi connectivity index (χ3n) is 22.4. The van der Waals surface area contributed by atoms with Crippen molar-refractivity contribution >= 4 is 220 Å². The Morgan fingerprint density at radius 3 is 1.02 bits per heavy atom. The normalized spacial score (nSPS) is 15.9. The van der Waals surface area contributed by atoms with Gasteiger partial charge in [0.25, 0.3) is 50.0 Å². The number of rotatable bonds is 38.